The van der Waals surface area contributed by atoms with Crippen LogP contribution in [0.25, 0.3) is 0 Å². The van der Waals surface area contributed by atoms with Gasteiger partial charge in [-0.05, 0) is 79.3 Å². The zero-order valence-electron chi connectivity index (χ0n) is 33.6. The first-order valence-corrected chi connectivity index (χ1v) is 20.5. The van der Waals surface area contributed by atoms with Crippen LogP contribution < -0.4 is 9.47 Å². The number of ether oxygens (including phenoxy) is 3. The fourth-order valence-corrected chi connectivity index (χ4v) is 9.30. The molecule has 2 aromatic carbocycles. The molecule has 2 heterocycles. The monoisotopic (exact) mass is 754 g/mol. The van der Waals surface area contributed by atoms with E-state index in [1.54, 1.807) is 23.5 Å². The number of carboxylic acid groups (broad SMARTS) is 1. The lowest BCUT2D eigenvalue weighted by molar-refractivity contribution is -0.191. The smallest absolute Gasteiger partial charge is 0.341 e. The average molecular weight is 755 g/mol. The SMILES string of the molecule is C=C(C)[C@@H]1CC2(CN(S(=O)(=O)c3cc(C(C)(C)CC)ccc3OCCN(C)C(C)=O)C2)[C@@H](CCCC)O[C@H]1c1c(C)cc(C(C)C)cc1OCC(=O)O. The predicted molar refractivity (Wildman–Crippen MR) is 208 cm³/mol. The number of aryl methyl sites for hydroxylation is 1. The summed E-state index contributed by atoms with van der Waals surface area (Å²) in [5.74, 6) is -0.312. The molecule has 1 spiro atoms. The summed E-state index contributed by atoms with van der Waals surface area (Å²) >= 11 is 0. The van der Waals surface area contributed by atoms with E-state index < -0.39 is 34.1 Å². The molecule has 0 saturated carbocycles. The van der Waals surface area contributed by atoms with Crippen molar-refractivity contribution in [2.75, 3.05) is 39.9 Å². The zero-order valence-corrected chi connectivity index (χ0v) is 34.4. The van der Waals surface area contributed by atoms with Crippen LogP contribution in [0.15, 0.2) is 47.4 Å². The second-order valence-electron chi connectivity index (χ2n) is 16.3. The number of carbonyl (C=O) groups excluding carboxylic acids is 1. The predicted octanol–water partition coefficient (Wildman–Crippen LogP) is 8.03. The molecule has 4 rings (SSSR count). The van der Waals surface area contributed by atoms with Crippen LogP contribution in [-0.2, 0) is 29.8 Å². The molecule has 294 valence electrons. The molecule has 0 unspecified atom stereocenters. The third-order valence-electron chi connectivity index (χ3n) is 11.5. The molecule has 11 heteroatoms. The Balaban J connectivity index is 1.71. The Labute approximate surface area is 317 Å². The van der Waals surface area contributed by atoms with Crippen molar-refractivity contribution in [3.05, 3.63) is 64.7 Å². The fourth-order valence-electron chi connectivity index (χ4n) is 7.51. The van der Waals surface area contributed by atoms with Crippen LogP contribution in [0.2, 0.25) is 0 Å². The van der Waals surface area contributed by atoms with E-state index in [1.165, 1.54) is 11.8 Å². The lowest BCUT2D eigenvalue weighted by atomic mass is 9.64. The number of hydrogen-bond donors (Lipinski definition) is 1. The lowest BCUT2D eigenvalue weighted by Crippen LogP contribution is -2.66. The Morgan fingerprint density at radius 3 is 2.36 bits per heavy atom. The average Bonchev–Trinajstić information content (AvgIpc) is 3.07. The van der Waals surface area contributed by atoms with Gasteiger partial charge >= 0.3 is 5.97 Å². The number of benzene rings is 2. The number of carboxylic acids is 1. The molecule has 1 amide bonds. The summed E-state index contributed by atoms with van der Waals surface area (Å²) < 4.78 is 50.0. The van der Waals surface area contributed by atoms with Gasteiger partial charge in [0.05, 0.1) is 18.8 Å². The first kappa shape index (κ1) is 42.3. The number of rotatable bonds is 17. The van der Waals surface area contributed by atoms with Crippen molar-refractivity contribution in [3.63, 3.8) is 0 Å². The third-order valence-corrected chi connectivity index (χ3v) is 13.4. The molecular formula is C42H62N2O8S. The maximum Gasteiger partial charge on any atom is 0.341 e. The van der Waals surface area contributed by atoms with E-state index in [9.17, 15) is 23.1 Å². The summed E-state index contributed by atoms with van der Waals surface area (Å²) in [5, 5.41) is 9.51. The Bertz CT molecular complexity index is 1760. The Kier molecular flexibility index (Phi) is 13.5. The van der Waals surface area contributed by atoms with Crippen molar-refractivity contribution in [2.24, 2.45) is 11.3 Å². The second-order valence-corrected chi connectivity index (χ2v) is 18.2. The molecule has 2 aliphatic rings. The van der Waals surface area contributed by atoms with Gasteiger partial charge in [-0.3, -0.25) is 4.79 Å². The highest BCUT2D eigenvalue weighted by atomic mass is 32.2. The highest BCUT2D eigenvalue weighted by molar-refractivity contribution is 7.89. The van der Waals surface area contributed by atoms with Gasteiger partial charge in [-0.15, -0.1) is 0 Å². The van der Waals surface area contributed by atoms with Crippen LogP contribution in [0.4, 0.5) is 0 Å². The highest BCUT2D eigenvalue weighted by Gasteiger charge is 2.58. The van der Waals surface area contributed by atoms with Gasteiger partial charge in [0.2, 0.25) is 15.9 Å². The minimum Gasteiger partial charge on any atom is -0.490 e. The molecule has 1 N–H and O–H groups in total. The van der Waals surface area contributed by atoms with Gasteiger partial charge in [0.1, 0.15) is 23.0 Å². The van der Waals surface area contributed by atoms with Gasteiger partial charge in [-0.2, -0.15) is 4.31 Å². The zero-order chi connectivity index (χ0) is 39.5. The molecule has 0 bridgehead atoms. The van der Waals surface area contributed by atoms with Crippen LogP contribution >= 0.6 is 0 Å². The van der Waals surface area contributed by atoms with Gasteiger partial charge in [0.25, 0.3) is 0 Å². The van der Waals surface area contributed by atoms with E-state index >= 15 is 0 Å². The van der Waals surface area contributed by atoms with Crippen molar-refractivity contribution >= 4 is 21.9 Å². The van der Waals surface area contributed by atoms with Gasteiger partial charge in [0.15, 0.2) is 6.61 Å². The van der Waals surface area contributed by atoms with Crippen molar-refractivity contribution in [2.45, 2.75) is 123 Å². The molecule has 0 aromatic heterocycles. The second kappa shape index (κ2) is 16.9. The van der Waals surface area contributed by atoms with Crippen molar-refractivity contribution in [1.82, 2.24) is 9.21 Å². The minimum atomic E-state index is -3.98. The number of unbranched alkanes of at least 4 members (excludes halogenated alkanes) is 1. The van der Waals surface area contributed by atoms with E-state index in [2.05, 4.69) is 54.2 Å². The molecule has 2 fully saturated rings. The summed E-state index contributed by atoms with van der Waals surface area (Å²) in [4.78, 5) is 25.1. The van der Waals surface area contributed by atoms with Gasteiger partial charge in [-0.1, -0.05) is 78.7 Å². The normalized spacial score (nSPS) is 20.2. The number of sulfonamides is 1. The standard InChI is InChI=1S/C42H62N2O8S/c1-12-14-15-37-42(23-33(28(5)6)40(52-37)39-29(7)20-31(27(3)4)21-35(39)51-24-38(46)47)25-44(26-42)53(48,49)36-22-32(41(9,10)13-2)16-17-34(36)50-19-18-43(11)30(8)45/h16-17,20-22,27,33,37,40H,5,12-15,18-19,23-26H2,1-4,6-11H3,(H,46,47)/t33-,37+,40+/m0/s1. The van der Waals surface area contributed by atoms with Crippen LogP contribution in [0.3, 0.4) is 0 Å². The number of aliphatic carboxylic acids is 1. The van der Waals surface area contributed by atoms with Gasteiger partial charge in [0, 0.05) is 44.0 Å². The third kappa shape index (κ3) is 9.28. The lowest BCUT2D eigenvalue weighted by Gasteiger charge is -2.59. The summed E-state index contributed by atoms with van der Waals surface area (Å²) in [6.07, 6.45) is 3.45. The molecule has 0 aliphatic carbocycles. The van der Waals surface area contributed by atoms with E-state index in [0.717, 1.165) is 53.5 Å². The molecule has 10 nitrogen and oxygen atoms in total. The summed E-state index contributed by atoms with van der Waals surface area (Å²) in [5.41, 5.74) is 3.98. The van der Waals surface area contributed by atoms with Crippen molar-refractivity contribution in [3.8, 4) is 11.5 Å². The summed E-state index contributed by atoms with van der Waals surface area (Å²) in [6, 6.07) is 9.50. The highest BCUT2D eigenvalue weighted by Crippen LogP contribution is 2.56. The summed E-state index contributed by atoms with van der Waals surface area (Å²) in [6.45, 7) is 23.1. The quantitative estimate of drug-likeness (QED) is 0.161. The topological polar surface area (TPSA) is 123 Å². The summed E-state index contributed by atoms with van der Waals surface area (Å²) in [7, 11) is -2.30. The number of carbonyl (C=O) groups is 2. The molecule has 2 aromatic rings. The first-order chi connectivity index (χ1) is 24.8. The molecule has 0 radical (unpaired) electrons. The largest absolute Gasteiger partial charge is 0.490 e. The van der Waals surface area contributed by atoms with Gasteiger partial charge < -0.3 is 24.2 Å². The Hall–Kier alpha value is -3.41. The van der Waals surface area contributed by atoms with Crippen LogP contribution in [0.1, 0.15) is 122 Å². The maximum absolute atomic E-state index is 14.6. The van der Waals surface area contributed by atoms with E-state index in [1.807, 2.05) is 26.0 Å². The van der Waals surface area contributed by atoms with Gasteiger partial charge in [-0.25, -0.2) is 13.2 Å². The van der Waals surface area contributed by atoms with E-state index in [4.69, 9.17) is 14.2 Å². The minimum absolute atomic E-state index is 0.0956. The number of likely N-dealkylation sites (N-methyl/N-ethyl adjacent to an activating group) is 1. The number of hydrogen-bond acceptors (Lipinski definition) is 7. The van der Waals surface area contributed by atoms with Crippen LogP contribution in [0, 0.1) is 18.3 Å². The van der Waals surface area contributed by atoms with Crippen LogP contribution in [-0.4, -0.2) is 80.6 Å². The van der Waals surface area contributed by atoms with E-state index in [0.29, 0.717) is 31.8 Å². The fraction of sp³-hybridized carbons (Fsp3) is 0.619. The molecular weight excluding hydrogens is 693 g/mol. The van der Waals surface area contributed by atoms with Crippen molar-refractivity contribution < 1.29 is 37.3 Å². The Morgan fingerprint density at radius 2 is 1.79 bits per heavy atom. The number of amides is 1. The molecule has 2 saturated heterocycles. The molecule has 53 heavy (non-hydrogen) atoms. The molecule has 2 aliphatic heterocycles. The maximum atomic E-state index is 14.6. The number of nitrogens with zero attached hydrogens (tertiary/aromatic N) is 2. The molecule has 3 atom stereocenters. The van der Waals surface area contributed by atoms with Crippen molar-refractivity contribution in [1.29, 1.82) is 0 Å². The van der Waals surface area contributed by atoms with E-state index in [-0.39, 0.29) is 46.5 Å². The van der Waals surface area contributed by atoms with Crippen LogP contribution in [0.5, 0.6) is 11.5 Å². The first-order valence-electron chi connectivity index (χ1n) is 19.1. The Morgan fingerprint density at radius 1 is 1.11 bits per heavy atom.